The summed E-state index contributed by atoms with van der Waals surface area (Å²) in [5, 5.41) is 4.01. The lowest BCUT2D eigenvalue weighted by Gasteiger charge is -2.33. The van der Waals surface area contributed by atoms with Crippen LogP contribution in [0.15, 0.2) is 4.52 Å². The van der Waals surface area contributed by atoms with Crippen molar-refractivity contribution in [1.29, 1.82) is 0 Å². The molecule has 24 heavy (non-hydrogen) atoms. The molecule has 7 nitrogen and oxygen atoms in total. The first kappa shape index (κ1) is 15.6. The predicted octanol–water partition coefficient (Wildman–Crippen LogP) is 1.34. The minimum absolute atomic E-state index is 0.117. The van der Waals surface area contributed by atoms with E-state index in [0.29, 0.717) is 37.1 Å². The Hall–Kier alpha value is -1.92. The van der Waals surface area contributed by atoms with Crippen LogP contribution in [0.2, 0.25) is 0 Å². The summed E-state index contributed by atoms with van der Waals surface area (Å²) in [6, 6.07) is 0. The van der Waals surface area contributed by atoms with Gasteiger partial charge in [-0.2, -0.15) is 4.98 Å². The molecular formula is C17H24N4O3. The minimum Gasteiger partial charge on any atom is -0.342 e. The highest BCUT2D eigenvalue weighted by molar-refractivity contribution is 5.89. The Kier molecular flexibility index (Phi) is 4.02. The van der Waals surface area contributed by atoms with E-state index in [2.05, 4.69) is 10.1 Å². The van der Waals surface area contributed by atoms with Gasteiger partial charge in [0.25, 0.3) is 0 Å². The van der Waals surface area contributed by atoms with E-state index in [1.807, 2.05) is 9.80 Å². The molecule has 3 aliphatic rings. The summed E-state index contributed by atoms with van der Waals surface area (Å²) >= 11 is 0. The first-order valence-corrected chi connectivity index (χ1v) is 8.97. The Labute approximate surface area is 141 Å². The fourth-order valence-electron chi connectivity index (χ4n) is 3.85. The summed E-state index contributed by atoms with van der Waals surface area (Å²) in [4.78, 5) is 33.1. The zero-order valence-electron chi connectivity index (χ0n) is 14.1. The number of piperidine rings is 1. The Morgan fingerprint density at radius 1 is 1.29 bits per heavy atom. The number of hydrogen-bond donors (Lipinski definition) is 0. The number of carbonyl (C=O) groups is 2. The van der Waals surface area contributed by atoms with Gasteiger partial charge in [0.2, 0.25) is 17.7 Å². The van der Waals surface area contributed by atoms with Crippen LogP contribution in [0, 0.1) is 18.8 Å². The van der Waals surface area contributed by atoms with Crippen LogP contribution in [0.5, 0.6) is 0 Å². The summed E-state index contributed by atoms with van der Waals surface area (Å²) in [7, 11) is 0. The molecule has 0 unspecified atom stereocenters. The number of aromatic nitrogens is 2. The SMILES string of the molecule is Cc1nc([C@H]2CCCN(C(=O)[C@H]3CC(=O)N(CC4CC4)C3)C2)no1. The molecule has 2 aliphatic heterocycles. The monoisotopic (exact) mass is 332 g/mol. The maximum Gasteiger partial charge on any atom is 0.228 e. The van der Waals surface area contributed by atoms with Crippen LogP contribution >= 0.6 is 0 Å². The normalized spacial score (nSPS) is 27.8. The van der Waals surface area contributed by atoms with Crippen molar-refractivity contribution in [3.8, 4) is 0 Å². The zero-order valence-corrected chi connectivity index (χ0v) is 14.1. The van der Waals surface area contributed by atoms with Gasteiger partial charge in [0.1, 0.15) is 0 Å². The van der Waals surface area contributed by atoms with Gasteiger partial charge in [-0.05, 0) is 31.6 Å². The Morgan fingerprint density at radius 2 is 2.12 bits per heavy atom. The van der Waals surface area contributed by atoms with Crippen molar-refractivity contribution in [2.24, 2.45) is 11.8 Å². The van der Waals surface area contributed by atoms with Crippen molar-refractivity contribution in [1.82, 2.24) is 19.9 Å². The summed E-state index contributed by atoms with van der Waals surface area (Å²) in [6.07, 6.45) is 4.73. The molecule has 2 amide bonds. The zero-order chi connectivity index (χ0) is 16.7. The third-order valence-electron chi connectivity index (χ3n) is 5.38. The molecule has 2 atom stereocenters. The number of amides is 2. The average molecular weight is 332 g/mol. The van der Waals surface area contributed by atoms with Gasteiger partial charge in [-0.1, -0.05) is 5.16 Å². The molecule has 2 saturated heterocycles. The number of hydrogen-bond acceptors (Lipinski definition) is 5. The van der Waals surface area contributed by atoms with Gasteiger partial charge in [-0.25, -0.2) is 0 Å². The summed E-state index contributed by atoms with van der Waals surface area (Å²) in [5.41, 5.74) is 0. The van der Waals surface area contributed by atoms with Gasteiger partial charge < -0.3 is 14.3 Å². The molecule has 0 spiro atoms. The van der Waals surface area contributed by atoms with E-state index >= 15 is 0 Å². The standard InChI is InChI=1S/C17H24N4O3/c1-11-18-16(19-24-11)13-3-2-6-20(9-13)17(23)14-7-15(22)21(10-14)8-12-4-5-12/h12-14H,2-10H2,1H3/t13-,14-/m0/s1. The van der Waals surface area contributed by atoms with E-state index in [1.165, 1.54) is 12.8 Å². The van der Waals surface area contributed by atoms with Gasteiger partial charge in [0, 0.05) is 45.4 Å². The lowest BCUT2D eigenvalue weighted by atomic mass is 9.95. The molecule has 0 N–H and O–H groups in total. The summed E-state index contributed by atoms with van der Waals surface area (Å²) in [6.45, 7) is 4.61. The molecule has 0 radical (unpaired) electrons. The fourth-order valence-corrected chi connectivity index (χ4v) is 3.85. The molecule has 3 fully saturated rings. The summed E-state index contributed by atoms with van der Waals surface area (Å²) in [5.74, 6) is 2.15. The molecule has 4 rings (SSSR count). The van der Waals surface area contributed by atoms with E-state index in [0.717, 1.165) is 25.9 Å². The van der Waals surface area contributed by atoms with Crippen LogP contribution in [-0.2, 0) is 9.59 Å². The number of nitrogens with zero attached hydrogens (tertiary/aromatic N) is 4. The lowest BCUT2D eigenvalue weighted by Crippen LogP contribution is -2.43. The van der Waals surface area contributed by atoms with Crippen LogP contribution in [0.25, 0.3) is 0 Å². The van der Waals surface area contributed by atoms with Crippen molar-refractivity contribution in [2.45, 2.75) is 44.9 Å². The first-order valence-electron chi connectivity index (χ1n) is 8.97. The molecule has 0 bridgehead atoms. The van der Waals surface area contributed by atoms with E-state index in [1.54, 1.807) is 6.92 Å². The quantitative estimate of drug-likeness (QED) is 0.831. The molecule has 7 heteroatoms. The van der Waals surface area contributed by atoms with Gasteiger partial charge in [-0.3, -0.25) is 9.59 Å². The van der Waals surface area contributed by atoms with Gasteiger partial charge in [-0.15, -0.1) is 0 Å². The predicted molar refractivity (Wildman–Crippen MR) is 85.0 cm³/mol. The third-order valence-corrected chi connectivity index (χ3v) is 5.38. The van der Waals surface area contributed by atoms with Gasteiger partial charge in [0.15, 0.2) is 5.82 Å². The summed E-state index contributed by atoms with van der Waals surface area (Å²) < 4.78 is 5.07. The molecular weight excluding hydrogens is 308 g/mol. The number of rotatable bonds is 4. The fraction of sp³-hybridized carbons (Fsp3) is 0.765. The third kappa shape index (κ3) is 3.16. The molecule has 1 aliphatic carbocycles. The van der Waals surface area contributed by atoms with Crippen LogP contribution in [-0.4, -0.2) is 57.9 Å². The van der Waals surface area contributed by atoms with Crippen molar-refractivity contribution in [3.63, 3.8) is 0 Å². The maximum atomic E-state index is 12.9. The smallest absolute Gasteiger partial charge is 0.228 e. The second kappa shape index (κ2) is 6.18. The van der Waals surface area contributed by atoms with Crippen LogP contribution in [0.4, 0.5) is 0 Å². The average Bonchev–Trinajstić information content (AvgIpc) is 3.18. The lowest BCUT2D eigenvalue weighted by molar-refractivity contribution is -0.137. The largest absolute Gasteiger partial charge is 0.342 e. The molecule has 1 saturated carbocycles. The van der Waals surface area contributed by atoms with E-state index in [4.69, 9.17) is 4.52 Å². The molecule has 130 valence electrons. The topological polar surface area (TPSA) is 79.5 Å². The Bertz CT molecular complexity index is 640. The first-order chi connectivity index (χ1) is 11.6. The van der Waals surface area contributed by atoms with Crippen molar-refractivity contribution in [3.05, 3.63) is 11.7 Å². The number of likely N-dealkylation sites (tertiary alicyclic amines) is 2. The van der Waals surface area contributed by atoms with E-state index in [9.17, 15) is 9.59 Å². The van der Waals surface area contributed by atoms with E-state index < -0.39 is 0 Å². The molecule has 1 aromatic rings. The van der Waals surface area contributed by atoms with Crippen molar-refractivity contribution >= 4 is 11.8 Å². The molecule has 1 aromatic heterocycles. The van der Waals surface area contributed by atoms with Crippen molar-refractivity contribution < 1.29 is 14.1 Å². The highest BCUT2D eigenvalue weighted by atomic mass is 16.5. The van der Waals surface area contributed by atoms with Crippen LogP contribution < -0.4 is 0 Å². The minimum atomic E-state index is -0.179. The van der Waals surface area contributed by atoms with Crippen LogP contribution in [0.3, 0.4) is 0 Å². The van der Waals surface area contributed by atoms with Gasteiger partial charge in [0.05, 0.1) is 5.92 Å². The molecule has 0 aromatic carbocycles. The second-order valence-corrected chi connectivity index (χ2v) is 7.44. The number of carbonyl (C=O) groups excluding carboxylic acids is 2. The highest BCUT2D eigenvalue weighted by Gasteiger charge is 2.40. The number of aryl methyl sites for hydroxylation is 1. The second-order valence-electron chi connectivity index (χ2n) is 7.44. The van der Waals surface area contributed by atoms with Crippen molar-refractivity contribution in [2.75, 3.05) is 26.2 Å². The van der Waals surface area contributed by atoms with Crippen LogP contribution in [0.1, 0.15) is 49.7 Å². The van der Waals surface area contributed by atoms with Gasteiger partial charge >= 0.3 is 0 Å². The maximum absolute atomic E-state index is 12.9. The van der Waals surface area contributed by atoms with E-state index in [-0.39, 0.29) is 23.7 Å². The Balaban J connectivity index is 1.38. The highest BCUT2D eigenvalue weighted by Crippen LogP contribution is 2.33. The molecule has 3 heterocycles. The Morgan fingerprint density at radius 3 is 2.83 bits per heavy atom.